The van der Waals surface area contributed by atoms with Crippen LogP contribution in [0.5, 0.6) is 0 Å². The van der Waals surface area contributed by atoms with E-state index in [2.05, 4.69) is 17.4 Å². The van der Waals surface area contributed by atoms with Crippen LogP contribution < -0.4 is 10.2 Å². The van der Waals surface area contributed by atoms with Gasteiger partial charge >= 0.3 is 0 Å². The Bertz CT molecular complexity index is 798. The van der Waals surface area contributed by atoms with Gasteiger partial charge in [0.15, 0.2) is 0 Å². The molecule has 0 radical (unpaired) electrons. The van der Waals surface area contributed by atoms with E-state index in [-0.39, 0.29) is 17.9 Å². The van der Waals surface area contributed by atoms with Gasteiger partial charge in [0.2, 0.25) is 0 Å². The fourth-order valence-corrected chi connectivity index (χ4v) is 4.52. The van der Waals surface area contributed by atoms with Gasteiger partial charge in [-0.1, -0.05) is 91.0 Å². The van der Waals surface area contributed by atoms with Crippen LogP contribution in [0.4, 0.5) is 0 Å². The van der Waals surface area contributed by atoms with Gasteiger partial charge in [-0.2, -0.15) is 0 Å². The Morgan fingerprint density at radius 3 is 1.72 bits per heavy atom. The van der Waals surface area contributed by atoms with Gasteiger partial charge in [0.1, 0.15) is 6.10 Å². The summed E-state index contributed by atoms with van der Waals surface area (Å²) < 4.78 is 6.05. The Hall–Kier alpha value is -2.03. The molecule has 1 unspecified atom stereocenters. The summed E-state index contributed by atoms with van der Waals surface area (Å²) in [6.45, 7) is 0. The number of benzene rings is 3. The van der Waals surface area contributed by atoms with Crippen LogP contribution in [0.2, 0.25) is 0 Å². The van der Waals surface area contributed by atoms with Crippen molar-refractivity contribution in [2.45, 2.75) is 17.9 Å². The van der Waals surface area contributed by atoms with Crippen LogP contribution in [0.3, 0.4) is 0 Å². The van der Waals surface area contributed by atoms with E-state index in [0.717, 1.165) is 16.7 Å². The predicted molar refractivity (Wildman–Crippen MR) is 98.7 cm³/mol. The lowest BCUT2D eigenvalue weighted by molar-refractivity contribution is -0.193. The topological polar surface area (TPSA) is 44.3 Å². The van der Waals surface area contributed by atoms with Gasteiger partial charge < -0.3 is 9.42 Å². The van der Waals surface area contributed by atoms with E-state index >= 15 is 0 Å². The van der Waals surface area contributed by atoms with Crippen LogP contribution in [-0.2, 0) is 4.52 Å². The first-order valence-corrected chi connectivity index (χ1v) is 9.61. The molecule has 0 amide bonds. The van der Waals surface area contributed by atoms with E-state index in [1.807, 2.05) is 78.9 Å². The minimum absolute atomic E-state index is 0.0680. The van der Waals surface area contributed by atoms with Gasteiger partial charge in [-0.25, -0.2) is 0 Å². The van der Waals surface area contributed by atoms with Crippen LogP contribution in [0.1, 0.15) is 34.6 Å². The largest absolute Gasteiger partial charge is 0.807 e. The van der Waals surface area contributed by atoms with Gasteiger partial charge in [-0.05, 0) is 25.1 Å². The van der Waals surface area contributed by atoms with E-state index < -0.39 is 8.38 Å². The SMILES string of the molecule is [O-]P1O[C@H](c2ccccc2)[C@H](c2ccccc2)N[C@@H]1c1ccccc1. The Balaban J connectivity index is 1.71. The van der Waals surface area contributed by atoms with Gasteiger partial charge in [0.05, 0.1) is 11.8 Å². The average Bonchev–Trinajstić information content (AvgIpc) is 2.70. The molecule has 0 aliphatic carbocycles. The second-order valence-corrected chi connectivity index (χ2v) is 7.39. The average molecular weight is 348 g/mol. The molecule has 4 atom stereocenters. The van der Waals surface area contributed by atoms with Crippen molar-refractivity contribution in [3.8, 4) is 0 Å². The van der Waals surface area contributed by atoms with Crippen LogP contribution in [0.15, 0.2) is 91.0 Å². The highest BCUT2D eigenvalue weighted by Crippen LogP contribution is 2.55. The fourth-order valence-electron chi connectivity index (χ4n) is 3.23. The second-order valence-electron chi connectivity index (χ2n) is 6.09. The quantitative estimate of drug-likeness (QED) is 0.711. The van der Waals surface area contributed by atoms with Crippen LogP contribution in [-0.4, -0.2) is 0 Å². The lowest BCUT2D eigenvalue weighted by atomic mass is 9.95. The minimum Gasteiger partial charge on any atom is -0.807 e. The molecule has 25 heavy (non-hydrogen) atoms. The van der Waals surface area contributed by atoms with Gasteiger partial charge in [-0.3, -0.25) is 5.32 Å². The maximum absolute atomic E-state index is 12.8. The van der Waals surface area contributed by atoms with E-state index in [1.165, 1.54) is 0 Å². The molecule has 1 heterocycles. The second kappa shape index (κ2) is 7.47. The molecule has 1 N–H and O–H groups in total. The van der Waals surface area contributed by atoms with Crippen molar-refractivity contribution in [2.24, 2.45) is 0 Å². The summed E-state index contributed by atoms with van der Waals surface area (Å²) in [5.74, 6) is -0.318. The standard InChI is InChI=1S/C21H19NO2P/c23-25-21(18-14-8-3-9-15-18)22-19(16-10-4-1-5-11-16)20(24-25)17-12-6-2-7-13-17/h1-15,19-22H/q-1/t19-,20+,21-,25?/m0/s1. The molecule has 0 saturated carbocycles. The summed E-state index contributed by atoms with van der Waals surface area (Å²) >= 11 is 0. The Labute approximate surface area is 149 Å². The van der Waals surface area contributed by atoms with Gasteiger partial charge in [0.25, 0.3) is 0 Å². The van der Waals surface area contributed by atoms with E-state index in [9.17, 15) is 4.89 Å². The number of rotatable bonds is 3. The van der Waals surface area contributed by atoms with Gasteiger partial charge in [0, 0.05) is 0 Å². The molecule has 0 aromatic heterocycles. The van der Waals surface area contributed by atoms with Gasteiger partial charge in [-0.15, -0.1) is 0 Å². The first-order valence-electron chi connectivity index (χ1n) is 8.37. The van der Waals surface area contributed by atoms with Crippen molar-refractivity contribution in [3.05, 3.63) is 108 Å². The third kappa shape index (κ3) is 3.51. The highest BCUT2D eigenvalue weighted by molar-refractivity contribution is 7.45. The molecule has 3 aromatic carbocycles. The van der Waals surface area contributed by atoms with Crippen LogP contribution in [0, 0.1) is 0 Å². The monoisotopic (exact) mass is 348 g/mol. The molecular formula is C21H19NO2P-. The predicted octanol–water partition coefficient (Wildman–Crippen LogP) is 4.46. The lowest BCUT2D eigenvalue weighted by Gasteiger charge is -2.46. The van der Waals surface area contributed by atoms with Crippen molar-refractivity contribution < 1.29 is 9.42 Å². The normalized spacial score (nSPS) is 26.3. The number of hydrogen-bond donors (Lipinski definition) is 1. The Morgan fingerprint density at radius 1 is 0.680 bits per heavy atom. The summed E-state index contributed by atoms with van der Waals surface area (Å²) in [5.41, 5.74) is 3.13. The molecule has 1 aliphatic rings. The molecule has 1 aliphatic heterocycles. The minimum atomic E-state index is -1.87. The summed E-state index contributed by atoms with van der Waals surface area (Å²) in [5, 5.41) is 3.58. The van der Waals surface area contributed by atoms with Crippen LogP contribution in [0.25, 0.3) is 0 Å². The molecule has 3 aromatic rings. The molecular weight excluding hydrogens is 329 g/mol. The summed E-state index contributed by atoms with van der Waals surface area (Å²) in [7, 11) is -1.87. The summed E-state index contributed by atoms with van der Waals surface area (Å²) in [4.78, 5) is 12.8. The summed E-state index contributed by atoms with van der Waals surface area (Å²) in [6, 6.07) is 30.0. The van der Waals surface area contributed by atoms with Crippen molar-refractivity contribution in [3.63, 3.8) is 0 Å². The van der Waals surface area contributed by atoms with Crippen molar-refractivity contribution in [1.29, 1.82) is 0 Å². The van der Waals surface area contributed by atoms with Crippen molar-refractivity contribution >= 4 is 8.38 Å². The number of hydrogen-bond acceptors (Lipinski definition) is 3. The molecule has 126 valence electrons. The van der Waals surface area contributed by atoms with E-state index in [4.69, 9.17) is 4.52 Å². The highest BCUT2D eigenvalue weighted by atomic mass is 31.2. The molecule has 0 bridgehead atoms. The maximum atomic E-state index is 12.8. The van der Waals surface area contributed by atoms with E-state index in [0.29, 0.717) is 0 Å². The summed E-state index contributed by atoms with van der Waals surface area (Å²) in [6.07, 6.45) is -0.285. The first-order chi connectivity index (χ1) is 12.3. The van der Waals surface area contributed by atoms with Crippen LogP contribution >= 0.6 is 8.38 Å². The zero-order valence-corrected chi connectivity index (χ0v) is 14.6. The Kier molecular flexibility index (Phi) is 4.91. The highest BCUT2D eigenvalue weighted by Gasteiger charge is 2.35. The molecule has 4 heteroatoms. The smallest absolute Gasteiger partial charge is 0.105 e. The molecule has 4 rings (SSSR count). The van der Waals surface area contributed by atoms with Crippen molar-refractivity contribution in [1.82, 2.24) is 5.32 Å². The third-order valence-corrected chi connectivity index (χ3v) is 5.77. The van der Waals surface area contributed by atoms with Crippen molar-refractivity contribution in [2.75, 3.05) is 0 Å². The molecule has 3 nitrogen and oxygen atoms in total. The lowest BCUT2D eigenvalue weighted by Crippen LogP contribution is -2.38. The Morgan fingerprint density at radius 2 is 1.16 bits per heavy atom. The molecule has 0 spiro atoms. The number of nitrogens with one attached hydrogen (secondary N) is 1. The first kappa shape index (κ1) is 16.4. The zero-order chi connectivity index (χ0) is 17.1. The molecule has 1 fully saturated rings. The third-order valence-electron chi connectivity index (χ3n) is 4.47. The maximum Gasteiger partial charge on any atom is 0.105 e. The molecule has 1 saturated heterocycles. The fraction of sp³-hybridized carbons (Fsp3) is 0.143. The van der Waals surface area contributed by atoms with E-state index in [1.54, 1.807) is 0 Å². The zero-order valence-electron chi connectivity index (χ0n) is 13.7.